The van der Waals surface area contributed by atoms with Gasteiger partial charge in [0.25, 0.3) is 0 Å². The highest BCUT2D eigenvalue weighted by atomic mass is 16.6. The number of hydrogen-bond acceptors (Lipinski definition) is 4. The predicted molar refractivity (Wildman–Crippen MR) is 195 cm³/mol. The van der Waals surface area contributed by atoms with Crippen LogP contribution in [0.4, 0.5) is 0 Å². The second kappa shape index (κ2) is 32.9. The quantitative estimate of drug-likeness (QED) is 0.0338. The Hall–Kier alpha value is -1.98. The maximum Gasteiger partial charge on any atom is 0.306 e. The van der Waals surface area contributed by atoms with E-state index >= 15 is 0 Å². The van der Waals surface area contributed by atoms with Gasteiger partial charge in [-0.1, -0.05) is 110 Å². The molecule has 0 amide bonds. The van der Waals surface area contributed by atoms with Crippen molar-refractivity contribution < 1.29 is 23.5 Å². The lowest BCUT2D eigenvalue weighted by molar-refractivity contribution is -0.873. The van der Waals surface area contributed by atoms with Crippen LogP contribution < -0.4 is 0 Å². The first-order chi connectivity index (χ1) is 22.3. The molecule has 0 N–H and O–H groups in total. The Morgan fingerprint density at radius 1 is 0.500 bits per heavy atom. The van der Waals surface area contributed by atoms with E-state index < -0.39 is 6.10 Å². The van der Waals surface area contributed by atoms with Crippen molar-refractivity contribution in [3.63, 3.8) is 0 Å². The minimum atomic E-state index is -0.400. The summed E-state index contributed by atoms with van der Waals surface area (Å²) in [6, 6.07) is 0. The topological polar surface area (TPSA) is 52.6 Å². The largest absolute Gasteiger partial charge is 0.461 e. The van der Waals surface area contributed by atoms with Crippen LogP contribution in [0.3, 0.4) is 0 Å². The van der Waals surface area contributed by atoms with Crippen LogP contribution in [0, 0.1) is 23.7 Å². The number of esters is 2. The van der Waals surface area contributed by atoms with Crippen molar-refractivity contribution >= 4 is 11.9 Å². The van der Waals surface area contributed by atoms with Crippen molar-refractivity contribution in [1.82, 2.24) is 0 Å². The molecule has 0 heterocycles. The molecule has 0 aliphatic rings. The molecule has 0 aromatic rings. The maximum absolute atomic E-state index is 12.6. The molecular weight excluding hydrogens is 570 g/mol. The van der Waals surface area contributed by atoms with E-state index in [2.05, 4.69) is 58.7 Å². The molecule has 0 radical (unpaired) electrons. The molecule has 0 aromatic carbocycles. The first kappa shape index (κ1) is 44.0. The standard InChI is InChI=1S/C41H74NO4/c1-6-8-10-12-14-16-18-20-22-24-26-28-30-32-34-36-41(44)46-39(37-42(3,4)5)38-45-40(43)35-33-31-29-27-25-23-21-19-17-15-13-11-9-7-2/h39H,6-9,14-38H2,1-5H3/q+1. The van der Waals surface area contributed by atoms with Crippen LogP contribution >= 0.6 is 0 Å². The summed E-state index contributed by atoms with van der Waals surface area (Å²) in [6.07, 6.45) is 29.8. The number of quaternary nitrogens is 1. The summed E-state index contributed by atoms with van der Waals surface area (Å²) in [4.78, 5) is 24.9. The van der Waals surface area contributed by atoms with Crippen molar-refractivity contribution in [2.24, 2.45) is 0 Å². The van der Waals surface area contributed by atoms with Gasteiger partial charge in [0, 0.05) is 38.5 Å². The van der Waals surface area contributed by atoms with Crippen LogP contribution in [0.2, 0.25) is 0 Å². The average molecular weight is 645 g/mol. The van der Waals surface area contributed by atoms with Crippen LogP contribution in [0.1, 0.15) is 187 Å². The molecule has 0 saturated heterocycles. The highest BCUT2D eigenvalue weighted by Gasteiger charge is 2.23. The van der Waals surface area contributed by atoms with Crippen LogP contribution in [0.25, 0.3) is 0 Å². The van der Waals surface area contributed by atoms with Crippen LogP contribution in [-0.2, 0) is 19.1 Å². The van der Waals surface area contributed by atoms with Gasteiger partial charge in [-0.2, -0.15) is 0 Å². The Balaban J connectivity index is 3.87. The molecule has 5 heteroatoms. The molecule has 1 unspecified atom stereocenters. The Morgan fingerprint density at radius 2 is 0.848 bits per heavy atom. The molecule has 5 nitrogen and oxygen atoms in total. The smallest absolute Gasteiger partial charge is 0.306 e. The van der Waals surface area contributed by atoms with E-state index in [4.69, 9.17) is 9.47 Å². The second-order valence-corrected chi connectivity index (χ2v) is 14.2. The molecule has 0 fully saturated rings. The third-order valence-electron chi connectivity index (χ3n) is 8.10. The second-order valence-electron chi connectivity index (χ2n) is 14.2. The van der Waals surface area contributed by atoms with Gasteiger partial charge in [0.1, 0.15) is 13.2 Å². The zero-order valence-electron chi connectivity index (χ0n) is 31.2. The van der Waals surface area contributed by atoms with Crippen molar-refractivity contribution in [3.8, 4) is 23.7 Å². The van der Waals surface area contributed by atoms with E-state index in [0.717, 1.165) is 64.2 Å². The summed E-state index contributed by atoms with van der Waals surface area (Å²) >= 11 is 0. The number of ether oxygens (including phenoxy) is 2. The highest BCUT2D eigenvalue weighted by Crippen LogP contribution is 2.14. The molecule has 0 spiro atoms. The molecule has 0 aliphatic carbocycles. The van der Waals surface area contributed by atoms with E-state index in [1.165, 1.54) is 96.3 Å². The summed E-state index contributed by atoms with van der Waals surface area (Å²) in [5.74, 6) is 12.6. The molecule has 0 aromatic heterocycles. The van der Waals surface area contributed by atoms with Gasteiger partial charge < -0.3 is 14.0 Å². The van der Waals surface area contributed by atoms with E-state index in [1.807, 2.05) is 0 Å². The third-order valence-corrected chi connectivity index (χ3v) is 8.10. The number of hydrogen-bond donors (Lipinski definition) is 0. The normalized spacial score (nSPS) is 11.7. The fraction of sp³-hybridized carbons (Fsp3) is 0.854. The number of nitrogens with zero attached hydrogens (tertiary/aromatic N) is 1. The van der Waals surface area contributed by atoms with Crippen molar-refractivity contribution in [2.45, 2.75) is 193 Å². The molecule has 0 rings (SSSR count). The predicted octanol–water partition coefficient (Wildman–Crippen LogP) is 10.7. The Labute approximate surface area is 286 Å². The van der Waals surface area contributed by atoms with Gasteiger partial charge >= 0.3 is 11.9 Å². The lowest BCUT2D eigenvalue weighted by atomic mass is 10.1. The molecular formula is C41H74NO4+. The number of carbonyl (C=O) groups is 2. The van der Waals surface area contributed by atoms with Gasteiger partial charge in [0.2, 0.25) is 0 Å². The van der Waals surface area contributed by atoms with E-state index in [9.17, 15) is 9.59 Å². The average Bonchev–Trinajstić information content (AvgIpc) is 3.01. The number of unbranched alkanes of at least 4 members (excludes halogenated alkanes) is 21. The number of likely N-dealkylation sites (N-methyl/N-ethyl adjacent to an activating group) is 1. The minimum Gasteiger partial charge on any atom is -0.461 e. The van der Waals surface area contributed by atoms with E-state index in [0.29, 0.717) is 23.9 Å². The lowest BCUT2D eigenvalue weighted by Gasteiger charge is -2.28. The summed E-state index contributed by atoms with van der Waals surface area (Å²) in [6.45, 7) is 5.12. The minimum absolute atomic E-state index is 0.149. The summed E-state index contributed by atoms with van der Waals surface area (Å²) in [5, 5.41) is 0. The van der Waals surface area contributed by atoms with Crippen molar-refractivity contribution in [1.29, 1.82) is 0 Å². The molecule has 46 heavy (non-hydrogen) atoms. The highest BCUT2D eigenvalue weighted by molar-refractivity contribution is 5.70. The maximum atomic E-state index is 12.6. The van der Waals surface area contributed by atoms with Crippen LogP contribution in [0.5, 0.6) is 0 Å². The first-order valence-corrected chi connectivity index (χ1v) is 19.4. The van der Waals surface area contributed by atoms with Gasteiger partial charge in [0.05, 0.1) is 21.1 Å². The van der Waals surface area contributed by atoms with Crippen molar-refractivity contribution in [2.75, 3.05) is 34.3 Å². The third kappa shape index (κ3) is 34.9. The van der Waals surface area contributed by atoms with Crippen molar-refractivity contribution in [3.05, 3.63) is 0 Å². The number of rotatable bonds is 30. The van der Waals surface area contributed by atoms with Crippen LogP contribution in [0.15, 0.2) is 0 Å². The van der Waals surface area contributed by atoms with Crippen LogP contribution in [-0.4, -0.2) is 56.8 Å². The molecule has 0 aliphatic heterocycles. The van der Waals surface area contributed by atoms with Gasteiger partial charge in [-0.3, -0.25) is 9.59 Å². The van der Waals surface area contributed by atoms with Gasteiger partial charge in [-0.05, 0) is 38.5 Å². The first-order valence-electron chi connectivity index (χ1n) is 19.4. The monoisotopic (exact) mass is 645 g/mol. The number of carbonyl (C=O) groups excluding carboxylic acids is 2. The summed E-state index contributed by atoms with van der Waals surface area (Å²) in [7, 11) is 6.19. The Morgan fingerprint density at radius 3 is 1.24 bits per heavy atom. The SMILES string of the molecule is CCCC#CCCCCCCCCCCCCC(=O)OC(COC(=O)CCCCCCCCCCCC#CCCC)C[N+](C)(C)C. The van der Waals surface area contributed by atoms with Gasteiger partial charge in [-0.25, -0.2) is 0 Å². The fourth-order valence-electron chi connectivity index (χ4n) is 5.46. The summed E-state index contributed by atoms with van der Waals surface area (Å²) < 4.78 is 12.0. The molecule has 1 atom stereocenters. The molecule has 266 valence electrons. The Kier molecular flexibility index (Phi) is 31.5. The Bertz CT molecular complexity index is 838. The zero-order valence-corrected chi connectivity index (χ0v) is 31.2. The summed E-state index contributed by atoms with van der Waals surface area (Å²) in [5.41, 5.74) is 0. The van der Waals surface area contributed by atoms with E-state index in [1.54, 1.807) is 0 Å². The zero-order chi connectivity index (χ0) is 34.0. The molecule has 0 bridgehead atoms. The van der Waals surface area contributed by atoms with Gasteiger partial charge in [-0.15, -0.1) is 23.7 Å². The lowest BCUT2D eigenvalue weighted by Crippen LogP contribution is -2.45. The molecule has 0 saturated carbocycles. The fourth-order valence-corrected chi connectivity index (χ4v) is 5.46. The van der Waals surface area contributed by atoms with Gasteiger partial charge in [0.15, 0.2) is 6.10 Å². The van der Waals surface area contributed by atoms with E-state index in [-0.39, 0.29) is 18.5 Å².